The Morgan fingerprint density at radius 1 is 1.35 bits per heavy atom. The summed E-state index contributed by atoms with van der Waals surface area (Å²) in [5.41, 5.74) is 1.49. The van der Waals surface area contributed by atoms with Gasteiger partial charge in [0.1, 0.15) is 0 Å². The summed E-state index contributed by atoms with van der Waals surface area (Å²) in [5.74, 6) is -0.0612. The number of hydrogen-bond donors (Lipinski definition) is 3. The van der Waals surface area contributed by atoms with Crippen LogP contribution in [0.1, 0.15) is 9.67 Å². The predicted octanol–water partition coefficient (Wildman–Crippen LogP) is 1.23. The maximum atomic E-state index is 11.5. The Morgan fingerprint density at radius 3 is 2.70 bits per heavy atom. The van der Waals surface area contributed by atoms with Crippen LogP contribution < -0.4 is 10.6 Å². The Hall–Kier alpha value is -2.33. The van der Waals surface area contributed by atoms with E-state index in [-0.39, 0.29) is 22.6 Å². The third-order valence-electron chi connectivity index (χ3n) is 2.03. The van der Waals surface area contributed by atoms with Gasteiger partial charge >= 0.3 is 5.97 Å². The smallest absolute Gasteiger partial charge is 0.351 e. The first-order valence-corrected chi connectivity index (χ1v) is 6.49. The number of methoxy groups -OCH3 is 1. The summed E-state index contributed by atoms with van der Waals surface area (Å²) < 4.78 is 4.62. The lowest BCUT2D eigenvalue weighted by Gasteiger charge is -2.08. The van der Waals surface area contributed by atoms with E-state index in [0.29, 0.717) is 4.88 Å². The monoisotopic (exact) mass is 311 g/mol. The Morgan fingerprint density at radius 2 is 2.05 bits per heavy atom. The van der Waals surface area contributed by atoms with Gasteiger partial charge in [0.25, 0.3) is 0 Å². The third kappa shape index (κ3) is 3.36. The Kier molecular flexibility index (Phi) is 4.38. The minimum atomic E-state index is -0.501. The molecule has 2 rings (SSSR count). The lowest BCUT2D eigenvalue weighted by atomic mass is 10.5. The van der Waals surface area contributed by atoms with Crippen LogP contribution in [0.25, 0.3) is 0 Å². The number of carbonyl (C=O) groups is 1. The van der Waals surface area contributed by atoms with Crippen molar-refractivity contribution >= 4 is 46.4 Å². The van der Waals surface area contributed by atoms with Crippen LogP contribution in [0.15, 0.2) is 17.9 Å². The molecular weight excluding hydrogens is 302 g/mol. The number of carbonyl (C=O) groups excluding carboxylic acids is 1. The highest BCUT2D eigenvalue weighted by atomic mass is 32.1. The minimum Gasteiger partial charge on any atom is -0.505 e. The number of thiazole rings is 1. The first kappa shape index (κ1) is 14.1. The fourth-order valence-electron chi connectivity index (χ4n) is 1.20. The van der Waals surface area contributed by atoms with Crippen molar-refractivity contribution in [2.75, 3.05) is 17.7 Å². The molecule has 0 aliphatic rings. The molecule has 20 heavy (non-hydrogen) atoms. The minimum absolute atomic E-state index is 0.0538. The molecule has 2 aromatic heterocycles. The van der Waals surface area contributed by atoms with E-state index in [9.17, 15) is 4.79 Å². The number of esters is 1. The number of ether oxygens (including phenoxy) is 1. The highest BCUT2D eigenvalue weighted by Gasteiger charge is 2.16. The van der Waals surface area contributed by atoms with E-state index >= 15 is 0 Å². The molecule has 0 fully saturated rings. The van der Waals surface area contributed by atoms with Gasteiger partial charge in [0.2, 0.25) is 5.95 Å². The molecule has 2 heterocycles. The van der Waals surface area contributed by atoms with Crippen molar-refractivity contribution in [3.05, 3.63) is 22.8 Å². The molecule has 0 saturated carbocycles. The molecule has 0 amide bonds. The number of rotatable bonds is 3. The molecule has 0 saturated heterocycles. The molecule has 104 valence electrons. The lowest BCUT2D eigenvalue weighted by Crippen LogP contribution is -2.21. The highest BCUT2D eigenvalue weighted by Crippen LogP contribution is 2.19. The molecule has 0 bridgehead atoms. The number of aromatic nitrogens is 3. The van der Waals surface area contributed by atoms with Gasteiger partial charge in [0.05, 0.1) is 25.0 Å². The van der Waals surface area contributed by atoms with E-state index in [1.165, 1.54) is 25.0 Å². The van der Waals surface area contributed by atoms with Crippen molar-refractivity contribution in [3.63, 3.8) is 0 Å². The number of nitrogens with zero attached hydrogens (tertiary/aromatic N) is 3. The molecular formula is C10H9N5O3S2. The average molecular weight is 311 g/mol. The molecule has 0 atom stereocenters. The van der Waals surface area contributed by atoms with Crippen LogP contribution in [-0.2, 0) is 4.74 Å². The van der Waals surface area contributed by atoms with Gasteiger partial charge in [-0.25, -0.2) is 19.7 Å². The van der Waals surface area contributed by atoms with Crippen molar-refractivity contribution in [1.82, 2.24) is 15.0 Å². The summed E-state index contributed by atoms with van der Waals surface area (Å²) in [4.78, 5) is 23.4. The quantitative estimate of drug-likeness (QED) is 0.569. The molecule has 0 spiro atoms. The molecule has 0 unspecified atom stereocenters. The summed E-state index contributed by atoms with van der Waals surface area (Å²) in [5, 5.41) is 14.7. The van der Waals surface area contributed by atoms with E-state index in [4.69, 9.17) is 17.3 Å². The standard InChI is InChI=1S/C10H9N5O3S2/c1-18-8(17)6-7(13-4-20-6)14-10(19)15-9-11-2-5(16)3-12-9/h2-4,16H,1H3,(H2,11,12,14,15,19). The Bertz CT molecular complexity index is 628. The van der Waals surface area contributed by atoms with Crippen LogP contribution >= 0.6 is 23.6 Å². The largest absolute Gasteiger partial charge is 0.505 e. The van der Waals surface area contributed by atoms with Crippen LogP contribution in [0.5, 0.6) is 5.75 Å². The second kappa shape index (κ2) is 6.21. The van der Waals surface area contributed by atoms with Gasteiger partial charge in [0.15, 0.2) is 21.6 Å². The fourth-order valence-corrected chi connectivity index (χ4v) is 2.05. The topological polar surface area (TPSA) is 109 Å². The number of thiocarbonyl (C=S) groups is 1. The van der Waals surface area contributed by atoms with Crippen LogP contribution in [0, 0.1) is 0 Å². The molecule has 0 aliphatic heterocycles. The average Bonchev–Trinajstić information content (AvgIpc) is 2.88. The Balaban J connectivity index is 2.03. The molecule has 0 aromatic carbocycles. The van der Waals surface area contributed by atoms with Crippen molar-refractivity contribution in [2.24, 2.45) is 0 Å². The van der Waals surface area contributed by atoms with Crippen molar-refractivity contribution < 1.29 is 14.6 Å². The number of aromatic hydroxyl groups is 1. The molecule has 3 N–H and O–H groups in total. The second-order valence-corrected chi connectivity index (χ2v) is 4.63. The van der Waals surface area contributed by atoms with Gasteiger partial charge in [-0.2, -0.15) is 0 Å². The first-order chi connectivity index (χ1) is 9.60. The lowest BCUT2D eigenvalue weighted by molar-refractivity contribution is 0.0607. The third-order valence-corrected chi connectivity index (χ3v) is 3.04. The summed E-state index contributed by atoms with van der Waals surface area (Å²) in [6.45, 7) is 0. The zero-order chi connectivity index (χ0) is 14.5. The van der Waals surface area contributed by atoms with Gasteiger partial charge < -0.3 is 20.5 Å². The van der Waals surface area contributed by atoms with Crippen LogP contribution in [-0.4, -0.2) is 38.3 Å². The van der Waals surface area contributed by atoms with Gasteiger partial charge in [-0.1, -0.05) is 0 Å². The maximum Gasteiger partial charge on any atom is 0.351 e. The van der Waals surface area contributed by atoms with Crippen LogP contribution in [0.3, 0.4) is 0 Å². The van der Waals surface area contributed by atoms with E-state index in [0.717, 1.165) is 11.3 Å². The Labute approximate surface area is 122 Å². The van der Waals surface area contributed by atoms with Gasteiger partial charge in [-0.05, 0) is 12.2 Å². The summed E-state index contributed by atoms with van der Waals surface area (Å²) in [7, 11) is 1.28. The van der Waals surface area contributed by atoms with Crippen LogP contribution in [0.4, 0.5) is 11.8 Å². The zero-order valence-electron chi connectivity index (χ0n) is 10.2. The SMILES string of the molecule is COC(=O)c1scnc1NC(=S)Nc1ncc(O)cn1. The molecule has 8 nitrogen and oxygen atoms in total. The van der Waals surface area contributed by atoms with E-state index < -0.39 is 5.97 Å². The van der Waals surface area contributed by atoms with Gasteiger partial charge in [-0.15, -0.1) is 11.3 Å². The van der Waals surface area contributed by atoms with E-state index in [1.54, 1.807) is 0 Å². The maximum absolute atomic E-state index is 11.5. The first-order valence-electron chi connectivity index (χ1n) is 5.21. The second-order valence-electron chi connectivity index (χ2n) is 3.37. The normalized spacial score (nSPS) is 9.85. The van der Waals surface area contributed by atoms with Gasteiger partial charge in [-0.3, -0.25) is 0 Å². The number of anilines is 2. The van der Waals surface area contributed by atoms with Gasteiger partial charge in [0, 0.05) is 0 Å². The summed E-state index contributed by atoms with van der Waals surface area (Å²) >= 11 is 6.18. The molecule has 2 aromatic rings. The van der Waals surface area contributed by atoms with Crippen LogP contribution in [0.2, 0.25) is 0 Å². The van der Waals surface area contributed by atoms with E-state index in [2.05, 4.69) is 30.3 Å². The number of nitrogens with one attached hydrogen (secondary N) is 2. The fraction of sp³-hybridized carbons (Fsp3) is 0.100. The number of hydrogen-bond acceptors (Lipinski definition) is 8. The highest BCUT2D eigenvalue weighted by molar-refractivity contribution is 7.80. The van der Waals surface area contributed by atoms with Crippen molar-refractivity contribution in [1.29, 1.82) is 0 Å². The predicted molar refractivity (Wildman–Crippen MR) is 77.0 cm³/mol. The summed E-state index contributed by atoms with van der Waals surface area (Å²) in [6, 6.07) is 0. The zero-order valence-corrected chi connectivity index (χ0v) is 11.8. The van der Waals surface area contributed by atoms with Crippen molar-refractivity contribution in [3.8, 4) is 5.75 Å². The molecule has 10 heteroatoms. The van der Waals surface area contributed by atoms with Crippen molar-refractivity contribution in [2.45, 2.75) is 0 Å². The summed E-state index contributed by atoms with van der Waals surface area (Å²) in [6.07, 6.45) is 2.45. The van der Waals surface area contributed by atoms with E-state index in [1.807, 2.05) is 0 Å². The molecule has 0 radical (unpaired) electrons. The molecule has 0 aliphatic carbocycles.